The molecule has 156 valence electrons. The molecule has 1 saturated heterocycles. The molecule has 1 aliphatic heterocycles. The topological polar surface area (TPSA) is 42.1 Å². The van der Waals surface area contributed by atoms with E-state index in [1.165, 1.54) is 18.7 Å². The molecule has 1 aromatic heterocycles. The van der Waals surface area contributed by atoms with E-state index >= 15 is 0 Å². The molecule has 4 rings (SSSR count). The standard InChI is InChI=1S/C24H28N4OS/c1-19-7-6-10-23(15-19)28(20(2)29)24-25-22(18-30-24)17-27-13-11-26(12-14-27)16-21-8-4-3-5-9-21/h3-10,15,18H,11-14,16-17H2,1-2H3/p+2. The second kappa shape index (κ2) is 9.51. The Morgan fingerprint density at radius 3 is 2.37 bits per heavy atom. The number of nitrogens with one attached hydrogen (secondary N) is 2. The molecule has 0 unspecified atom stereocenters. The Morgan fingerprint density at radius 1 is 1.00 bits per heavy atom. The highest BCUT2D eigenvalue weighted by molar-refractivity contribution is 7.14. The Morgan fingerprint density at radius 2 is 1.70 bits per heavy atom. The van der Waals surface area contributed by atoms with Gasteiger partial charge in [0.1, 0.15) is 45.0 Å². The van der Waals surface area contributed by atoms with Gasteiger partial charge in [0.15, 0.2) is 5.13 Å². The first-order valence-corrected chi connectivity index (χ1v) is 11.5. The van der Waals surface area contributed by atoms with Gasteiger partial charge in [-0.3, -0.25) is 9.69 Å². The lowest BCUT2D eigenvalue weighted by atomic mass is 10.2. The van der Waals surface area contributed by atoms with Gasteiger partial charge in [-0.05, 0) is 24.6 Å². The van der Waals surface area contributed by atoms with Gasteiger partial charge in [0.05, 0.1) is 5.69 Å². The van der Waals surface area contributed by atoms with Crippen molar-refractivity contribution in [3.63, 3.8) is 0 Å². The van der Waals surface area contributed by atoms with Gasteiger partial charge in [0, 0.05) is 17.9 Å². The normalized spacial score (nSPS) is 18.9. The molecule has 0 bridgehead atoms. The monoisotopic (exact) mass is 422 g/mol. The second-order valence-electron chi connectivity index (χ2n) is 8.15. The van der Waals surface area contributed by atoms with Crippen LogP contribution in [-0.2, 0) is 17.9 Å². The van der Waals surface area contributed by atoms with Crippen LogP contribution in [0, 0.1) is 6.92 Å². The first kappa shape index (κ1) is 20.7. The maximum Gasteiger partial charge on any atom is 0.230 e. The molecule has 3 aromatic rings. The average Bonchev–Trinajstić information content (AvgIpc) is 3.18. The lowest BCUT2D eigenvalue weighted by Gasteiger charge is -2.29. The molecule has 0 radical (unpaired) electrons. The Kier molecular flexibility index (Phi) is 6.57. The molecule has 0 aliphatic carbocycles. The molecule has 0 saturated carbocycles. The zero-order valence-corrected chi connectivity index (χ0v) is 18.5. The summed E-state index contributed by atoms with van der Waals surface area (Å²) in [6.07, 6.45) is 0. The van der Waals surface area contributed by atoms with Gasteiger partial charge in [-0.2, -0.15) is 0 Å². The Balaban J connectivity index is 1.36. The molecule has 1 amide bonds. The van der Waals surface area contributed by atoms with Crippen LogP contribution in [0.4, 0.5) is 10.8 Å². The Hall–Kier alpha value is -2.54. The summed E-state index contributed by atoms with van der Waals surface area (Å²) in [4.78, 5) is 22.1. The smallest absolute Gasteiger partial charge is 0.230 e. The number of rotatable bonds is 6. The maximum absolute atomic E-state index is 12.3. The Labute approximate surface area is 182 Å². The van der Waals surface area contributed by atoms with E-state index < -0.39 is 0 Å². The van der Waals surface area contributed by atoms with Crippen molar-refractivity contribution in [1.82, 2.24) is 4.98 Å². The zero-order valence-electron chi connectivity index (χ0n) is 17.7. The molecule has 6 heteroatoms. The number of anilines is 2. The number of carbonyl (C=O) groups is 1. The molecular formula is C24H30N4OS+2. The highest BCUT2D eigenvalue weighted by atomic mass is 32.1. The molecule has 1 fully saturated rings. The van der Waals surface area contributed by atoms with Crippen molar-refractivity contribution >= 4 is 28.1 Å². The highest BCUT2D eigenvalue weighted by Gasteiger charge is 2.25. The van der Waals surface area contributed by atoms with E-state index in [0.29, 0.717) is 0 Å². The van der Waals surface area contributed by atoms with Gasteiger partial charge in [-0.25, -0.2) is 4.98 Å². The fourth-order valence-corrected chi connectivity index (χ4v) is 5.01. The number of nitrogens with zero attached hydrogens (tertiary/aromatic N) is 2. The molecular weight excluding hydrogens is 392 g/mol. The quantitative estimate of drug-likeness (QED) is 0.634. The third-order valence-corrected chi connectivity index (χ3v) is 6.57. The summed E-state index contributed by atoms with van der Waals surface area (Å²) in [7, 11) is 0. The highest BCUT2D eigenvalue weighted by Crippen LogP contribution is 2.29. The van der Waals surface area contributed by atoms with E-state index in [1.54, 1.807) is 33.0 Å². The van der Waals surface area contributed by atoms with Crippen LogP contribution < -0.4 is 14.7 Å². The van der Waals surface area contributed by atoms with Gasteiger partial charge in [0.2, 0.25) is 5.91 Å². The number of hydrogen-bond donors (Lipinski definition) is 2. The van der Waals surface area contributed by atoms with Crippen LogP contribution in [0.1, 0.15) is 23.7 Å². The minimum absolute atomic E-state index is 0.00743. The van der Waals surface area contributed by atoms with Crippen LogP contribution in [-0.4, -0.2) is 37.1 Å². The summed E-state index contributed by atoms with van der Waals surface area (Å²) in [5, 5.41) is 2.87. The van der Waals surface area contributed by atoms with Crippen LogP contribution in [0.5, 0.6) is 0 Å². The predicted octanol–water partition coefficient (Wildman–Crippen LogP) is 1.62. The maximum atomic E-state index is 12.3. The van der Waals surface area contributed by atoms with E-state index in [-0.39, 0.29) is 5.91 Å². The van der Waals surface area contributed by atoms with Crippen molar-refractivity contribution in [3.8, 4) is 0 Å². The summed E-state index contributed by atoms with van der Waals surface area (Å²) < 4.78 is 0. The van der Waals surface area contributed by atoms with Gasteiger partial charge < -0.3 is 9.80 Å². The number of piperazine rings is 1. The largest absolute Gasteiger partial charge is 0.322 e. The molecule has 0 atom stereocenters. The third kappa shape index (κ3) is 5.14. The number of aromatic nitrogens is 1. The van der Waals surface area contributed by atoms with Crippen LogP contribution in [0.25, 0.3) is 0 Å². The summed E-state index contributed by atoms with van der Waals surface area (Å²) >= 11 is 1.55. The van der Waals surface area contributed by atoms with Gasteiger partial charge in [0.25, 0.3) is 0 Å². The molecule has 5 nitrogen and oxygen atoms in total. The molecule has 2 aromatic carbocycles. The molecule has 0 spiro atoms. The zero-order chi connectivity index (χ0) is 20.9. The number of hydrogen-bond acceptors (Lipinski definition) is 3. The van der Waals surface area contributed by atoms with Crippen molar-refractivity contribution in [2.75, 3.05) is 31.1 Å². The van der Waals surface area contributed by atoms with E-state index in [2.05, 4.69) is 35.7 Å². The SMILES string of the molecule is CC(=O)N(c1cccc(C)c1)c1nc(C[NH+]2CC[NH+](Cc3ccccc3)CC2)cs1. The van der Waals surface area contributed by atoms with Crippen molar-refractivity contribution in [2.24, 2.45) is 0 Å². The number of benzene rings is 2. The summed E-state index contributed by atoms with van der Waals surface area (Å²) in [6.45, 7) is 10.4. The summed E-state index contributed by atoms with van der Waals surface area (Å²) in [6, 6.07) is 18.8. The summed E-state index contributed by atoms with van der Waals surface area (Å²) in [5.41, 5.74) is 4.51. The lowest BCUT2D eigenvalue weighted by Crippen LogP contribution is -3.27. The van der Waals surface area contributed by atoms with E-state index in [1.807, 2.05) is 31.2 Å². The molecule has 2 N–H and O–H groups in total. The fraction of sp³-hybridized carbons (Fsp3) is 0.333. The van der Waals surface area contributed by atoms with E-state index in [9.17, 15) is 4.79 Å². The van der Waals surface area contributed by atoms with E-state index in [0.717, 1.165) is 48.3 Å². The van der Waals surface area contributed by atoms with Crippen LogP contribution >= 0.6 is 11.3 Å². The van der Waals surface area contributed by atoms with Crippen molar-refractivity contribution in [2.45, 2.75) is 26.9 Å². The third-order valence-electron chi connectivity index (χ3n) is 5.70. The van der Waals surface area contributed by atoms with Crippen LogP contribution in [0.3, 0.4) is 0 Å². The van der Waals surface area contributed by atoms with Crippen molar-refractivity contribution in [3.05, 3.63) is 76.8 Å². The number of aryl methyl sites for hydroxylation is 1. The first-order valence-electron chi connectivity index (χ1n) is 10.6. The van der Waals surface area contributed by atoms with Gasteiger partial charge in [-0.15, -0.1) is 11.3 Å². The second-order valence-corrected chi connectivity index (χ2v) is 8.99. The minimum Gasteiger partial charge on any atom is -0.322 e. The first-order chi connectivity index (χ1) is 14.6. The van der Waals surface area contributed by atoms with Crippen LogP contribution in [0.2, 0.25) is 0 Å². The average molecular weight is 423 g/mol. The Bertz CT molecular complexity index is 980. The fourth-order valence-electron chi connectivity index (χ4n) is 4.13. The van der Waals surface area contributed by atoms with Crippen molar-refractivity contribution < 1.29 is 14.6 Å². The molecule has 30 heavy (non-hydrogen) atoms. The number of thiazole rings is 1. The minimum atomic E-state index is -0.00743. The number of amides is 1. The van der Waals surface area contributed by atoms with Crippen molar-refractivity contribution in [1.29, 1.82) is 0 Å². The van der Waals surface area contributed by atoms with E-state index in [4.69, 9.17) is 4.98 Å². The van der Waals surface area contributed by atoms with Gasteiger partial charge >= 0.3 is 0 Å². The number of quaternary nitrogens is 2. The lowest BCUT2D eigenvalue weighted by molar-refractivity contribution is -1.02. The molecule has 1 aliphatic rings. The summed E-state index contributed by atoms with van der Waals surface area (Å²) in [5.74, 6) is -0.00743. The molecule has 2 heterocycles. The number of carbonyl (C=O) groups excluding carboxylic acids is 1. The van der Waals surface area contributed by atoms with Crippen LogP contribution in [0.15, 0.2) is 60.0 Å². The van der Waals surface area contributed by atoms with Gasteiger partial charge in [-0.1, -0.05) is 42.5 Å². The predicted molar refractivity (Wildman–Crippen MR) is 121 cm³/mol.